The molecule has 4 rings (SSSR count). The lowest BCUT2D eigenvalue weighted by Crippen LogP contribution is -2.44. The molecule has 2 aliphatic heterocycles. The first-order chi connectivity index (χ1) is 14.6. The normalized spacial score (nSPS) is 20.0. The average Bonchev–Trinajstić information content (AvgIpc) is 2.91. The highest BCUT2D eigenvalue weighted by atomic mass is 35.5. The van der Waals surface area contributed by atoms with E-state index in [9.17, 15) is 4.79 Å². The number of piperidine rings is 1. The minimum Gasteiger partial charge on any atom is -0.495 e. The molecule has 1 atom stereocenters. The summed E-state index contributed by atoms with van der Waals surface area (Å²) < 4.78 is 5.34. The van der Waals surface area contributed by atoms with Gasteiger partial charge >= 0.3 is 0 Å². The summed E-state index contributed by atoms with van der Waals surface area (Å²) in [6.07, 6.45) is 4.81. The van der Waals surface area contributed by atoms with E-state index in [-0.39, 0.29) is 5.91 Å². The fraction of sp³-hybridized carbons (Fsp3) is 0.480. The van der Waals surface area contributed by atoms with Crippen molar-refractivity contribution in [3.8, 4) is 5.75 Å². The van der Waals surface area contributed by atoms with Crippen LogP contribution in [0.15, 0.2) is 42.5 Å². The van der Waals surface area contributed by atoms with Gasteiger partial charge < -0.3 is 14.5 Å². The highest BCUT2D eigenvalue weighted by molar-refractivity contribution is 6.32. The topological polar surface area (TPSA) is 32.8 Å². The summed E-state index contributed by atoms with van der Waals surface area (Å²) >= 11 is 6.30. The summed E-state index contributed by atoms with van der Waals surface area (Å²) in [6.45, 7) is 4.98. The highest BCUT2D eigenvalue weighted by Gasteiger charge is 2.27. The van der Waals surface area contributed by atoms with Crippen LogP contribution < -0.4 is 4.74 Å². The van der Waals surface area contributed by atoms with Crippen LogP contribution in [0, 0.1) is 5.92 Å². The fourth-order valence-corrected chi connectivity index (χ4v) is 5.05. The first-order valence-electron chi connectivity index (χ1n) is 11.0. The van der Waals surface area contributed by atoms with Crippen LogP contribution >= 0.6 is 11.6 Å². The van der Waals surface area contributed by atoms with Crippen molar-refractivity contribution in [2.75, 3.05) is 39.8 Å². The number of halogens is 1. The zero-order valence-corrected chi connectivity index (χ0v) is 18.5. The Hall–Kier alpha value is -2.04. The van der Waals surface area contributed by atoms with Crippen molar-refractivity contribution in [1.29, 1.82) is 0 Å². The van der Waals surface area contributed by atoms with Gasteiger partial charge in [-0.15, -0.1) is 0 Å². The molecular formula is C25H31ClN2O2. The van der Waals surface area contributed by atoms with Crippen LogP contribution in [0.1, 0.15) is 29.5 Å². The Kier molecular flexibility index (Phi) is 6.96. The number of ether oxygens (including phenoxy) is 1. The van der Waals surface area contributed by atoms with E-state index in [1.807, 2.05) is 12.1 Å². The van der Waals surface area contributed by atoms with Gasteiger partial charge in [0.05, 0.1) is 18.6 Å². The molecule has 2 aromatic rings. The van der Waals surface area contributed by atoms with Gasteiger partial charge in [0.1, 0.15) is 5.75 Å². The molecule has 1 unspecified atom stereocenters. The zero-order chi connectivity index (χ0) is 20.9. The lowest BCUT2D eigenvalue weighted by atomic mass is 9.96. The Morgan fingerprint density at radius 2 is 1.97 bits per heavy atom. The van der Waals surface area contributed by atoms with Crippen LogP contribution in [0.3, 0.4) is 0 Å². The van der Waals surface area contributed by atoms with E-state index in [2.05, 4.69) is 40.1 Å². The second-order valence-electron chi connectivity index (χ2n) is 8.57. The van der Waals surface area contributed by atoms with Crippen molar-refractivity contribution in [2.45, 2.75) is 32.1 Å². The van der Waals surface area contributed by atoms with E-state index < -0.39 is 0 Å². The molecule has 0 saturated carbocycles. The fourth-order valence-electron chi connectivity index (χ4n) is 4.79. The maximum absolute atomic E-state index is 13.0. The molecular weight excluding hydrogens is 396 g/mol. The Bertz CT molecular complexity index is 871. The molecule has 4 nitrogen and oxygen atoms in total. The van der Waals surface area contributed by atoms with Crippen molar-refractivity contribution in [3.05, 3.63) is 64.2 Å². The molecule has 1 amide bonds. The number of carbonyl (C=O) groups is 1. The molecule has 0 bridgehead atoms. The monoisotopic (exact) mass is 426 g/mol. The van der Waals surface area contributed by atoms with Gasteiger partial charge in [-0.1, -0.05) is 41.9 Å². The van der Waals surface area contributed by atoms with Crippen LogP contribution in [-0.2, 0) is 24.1 Å². The van der Waals surface area contributed by atoms with Crippen molar-refractivity contribution < 1.29 is 9.53 Å². The molecule has 1 fully saturated rings. The first-order valence-corrected chi connectivity index (χ1v) is 11.4. The maximum Gasteiger partial charge on any atom is 0.227 e. The molecule has 0 aromatic heterocycles. The minimum atomic E-state index is 0.222. The molecule has 0 aliphatic carbocycles. The summed E-state index contributed by atoms with van der Waals surface area (Å²) in [5, 5.41) is 0.624. The van der Waals surface area contributed by atoms with E-state index >= 15 is 0 Å². The van der Waals surface area contributed by atoms with Gasteiger partial charge in [-0.2, -0.15) is 0 Å². The zero-order valence-electron chi connectivity index (χ0n) is 17.8. The summed E-state index contributed by atoms with van der Waals surface area (Å²) in [4.78, 5) is 17.6. The summed E-state index contributed by atoms with van der Waals surface area (Å²) in [6, 6.07) is 14.6. The van der Waals surface area contributed by atoms with Gasteiger partial charge in [-0.25, -0.2) is 0 Å². The van der Waals surface area contributed by atoms with Gasteiger partial charge in [0.2, 0.25) is 5.91 Å². The Balaban J connectivity index is 1.34. The molecule has 1 saturated heterocycles. The van der Waals surface area contributed by atoms with Crippen LogP contribution in [0.5, 0.6) is 5.75 Å². The van der Waals surface area contributed by atoms with E-state index in [1.165, 1.54) is 30.5 Å². The van der Waals surface area contributed by atoms with Gasteiger partial charge in [0.15, 0.2) is 0 Å². The molecule has 2 heterocycles. The number of likely N-dealkylation sites (tertiary alicyclic amines) is 1. The summed E-state index contributed by atoms with van der Waals surface area (Å²) in [7, 11) is 1.62. The number of hydrogen-bond donors (Lipinski definition) is 0. The van der Waals surface area contributed by atoms with E-state index in [0.29, 0.717) is 23.1 Å². The van der Waals surface area contributed by atoms with Gasteiger partial charge in [0, 0.05) is 26.2 Å². The average molecular weight is 427 g/mol. The third kappa shape index (κ3) is 5.16. The number of fused-ring (bicyclic) bond motifs is 1. The molecule has 160 valence electrons. The lowest BCUT2D eigenvalue weighted by Gasteiger charge is -2.35. The number of benzene rings is 2. The Labute approximate surface area is 184 Å². The lowest BCUT2D eigenvalue weighted by molar-refractivity contribution is -0.131. The molecule has 30 heavy (non-hydrogen) atoms. The van der Waals surface area contributed by atoms with Crippen LogP contribution in [-0.4, -0.2) is 55.5 Å². The highest BCUT2D eigenvalue weighted by Crippen LogP contribution is 2.30. The van der Waals surface area contributed by atoms with E-state index in [4.69, 9.17) is 16.3 Å². The Morgan fingerprint density at radius 1 is 1.13 bits per heavy atom. The molecule has 5 heteroatoms. The smallest absolute Gasteiger partial charge is 0.227 e. The maximum atomic E-state index is 13.0. The van der Waals surface area contributed by atoms with Gasteiger partial charge in [-0.3, -0.25) is 4.79 Å². The van der Waals surface area contributed by atoms with Gasteiger partial charge in [0.25, 0.3) is 0 Å². The second kappa shape index (κ2) is 9.84. The molecule has 0 radical (unpaired) electrons. The summed E-state index contributed by atoms with van der Waals surface area (Å²) in [5.74, 6) is 1.43. The SMILES string of the molecule is COc1cc2c(cc1Cl)CCN(CC1CCCN(CCc3ccccc3)C1)C(=O)C2. The van der Waals surface area contributed by atoms with Crippen molar-refractivity contribution in [3.63, 3.8) is 0 Å². The standard InChI is InChI=1S/C25H31ClN2O2/c1-30-24-15-22-16-25(29)28(13-10-21(22)14-23(24)26)18-20-8-5-11-27(17-20)12-9-19-6-3-2-4-7-19/h2-4,6-7,14-15,20H,5,8-13,16-18H2,1H3. The van der Waals surface area contributed by atoms with Gasteiger partial charge in [-0.05, 0) is 67.0 Å². The molecule has 2 aromatic carbocycles. The molecule has 0 N–H and O–H groups in total. The predicted octanol–water partition coefficient (Wildman–Crippen LogP) is 4.23. The van der Waals surface area contributed by atoms with Crippen molar-refractivity contribution in [1.82, 2.24) is 9.80 Å². The number of hydrogen-bond acceptors (Lipinski definition) is 3. The van der Waals surface area contributed by atoms with Crippen molar-refractivity contribution in [2.24, 2.45) is 5.92 Å². The number of amides is 1. The minimum absolute atomic E-state index is 0.222. The third-order valence-electron chi connectivity index (χ3n) is 6.46. The predicted molar refractivity (Wildman–Crippen MR) is 121 cm³/mol. The summed E-state index contributed by atoms with van der Waals surface area (Å²) in [5.41, 5.74) is 3.62. The van der Waals surface area contributed by atoms with E-state index in [1.54, 1.807) is 7.11 Å². The van der Waals surface area contributed by atoms with Crippen LogP contribution in [0.25, 0.3) is 0 Å². The number of nitrogens with zero attached hydrogens (tertiary/aromatic N) is 2. The largest absolute Gasteiger partial charge is 0.495 e. The quantitative estimate of drug-likeness (QED) is 0.692. The van der Waals surface area contributed by atoms with Crippen LogP contribution in [0.4, 0.5) is 0 Å². The molecule has 2 aliphatic rings. The third-order valence-corrected chi connectivity index (χ3v) is 6.76. The molecule has 0 spiro atoms. The number of methoxy groups -OCH3 is 1. The van der Waals surface area contributed by atoms with Crippen LogP contribution in [0.2, 0.25) is 5.02 Å². The number of rotatable bonds is 6. The number of carbonyl (C=O) groups excluding carboxylic acids is 1. The van der Waals surface area contributed by atoms with Crippen molar-refractivity contribution >= 4 is 17.5 Å². The first kappa shape index (κ1) is 21.2. The van der Waals surface area contributed by atoms with E-state index in [0.717, 1.165) is 44.6 Å². The Morgan fingerprint density at radius 3 is 2.77 bits per heavy atom. The second-order valence-corrected chi connectivity index (χ2v) is 8.97.